The monoisotopic (exact) mass is 1660 g/mol. The molecule has 12 fully saturated rings. The van der Waals surface area contributed by atoms with E-state index in [9.17, 15) is 117 Å². The Labute approximate surface area is 661 Å². The Balaban J connectivity index is 0.760. The number of carboxylic acids is 1. The van der Waals surface area contributed by atoms with Gasteiger partial charge in [-0.2, -0.15) is 0 Å². The maximum atomic E-state index is 16.0. The van der Waals surface area contributed by atoms with Crippen molar-refractivity contribution in [1.29, 1.82) is 0 Å². The first kappa shape index (κ1) is 89.7. The third-order valence-corrected chi connectivity index (χ3v) is 28.6. The number of hydrogen-bond acceptors (Lipinski definition) is 39. The van der Waals surface area contributed by atoms with E-state index in [0.29, 0.717) is 51.4 Å². The van der Waals surface area contributed by atoms with Crippen molar-refractivity contribution in [2.24, 2.45) is 50.2 Å². The Hall–Kier alpha value is -3.05. The highest BCUT2D eigenvalue weighted by molar-refractivity contribution is 5.79. The van der Waals surface area contributed by atoms with Crippen molar-refractivity contribution in [1.82, 2.24) is 0 Å². The number of rotatable bonds is 20. The van der Waals surface area contributed by atoms with Crippen molar-refractivity contribution >= 4 is 18.2 Å². The number of carbonyl (C=O) groups is 3. The molecule has 0 amide bonds. The van der Waals surface area contributed by atoms with Crippen LogP contribution in [0.1, 0.15) is 120 Å². The van der Waals surface area contributed by atoms with Gasteiger partial charge in [0.25, 0.3) is 0 Å². The number of carbonyl (C=O) groups excluding carboxylic acids is 2. The lowest BCUT2D eigenvalue weighted by Gasteiger charge is -2.71. The van der Waals surface area contributed by atoms with Gasteiger partial charge in [-0.25, -0.2) is 4.79 Å². The van der Waals surface area contributed by atoms with Gasteiger partial charge in [0.2, 0.25) is 6.29 Å². The van der Waals surface area contributed by atoms with Gasteiger partial charge >= 0.3 is 11.9 Å². The van der Waals surface area contributed by atoms with E-state index >= 15 is 4.79 Å². The Morgan fingerprint density at radius 3 is 1.50 bits per heavy atom. The minimum absolute atomic E-state index is 0.116. The van der Waals surface area contributed by atoms with E-state index in [-0.39, 0.29) is 24.2 Å². The summed E-state index contributed by atoms with van der Waals surface area (Å²) in [7, 11) is 0. The van der Waals surface area contributed by atoms with E-state index in [4.69, 9.17) is 75.8 Å². The molecule has 4 saturated carbocycles. The lowest BCUT2D eigenvalue weighted by atomic mass is 9.33. The molecule has 13 aliphatic rings. The number of allylic oxidation sites excluding steroid dienone is 2. The molecule has 115 heavy (non-hydrogen) atoms. The normalized spacial score (nSPS) is 54.7. The van der Waals surface area contributed by atoms with Crippen LogP contribution in [0, 0.1) is 50.2 Å². The minimum Gasteiger partial charge on any atom is -0.479 e. The third kappa shape index (κ3) is 15.9. The van der Waals surface area contributed by atoms with Gasteiger partial charge in [-0.1, -0.05) is 53.2 Å². The molecular weight excluding hydrogens is 1540 g/mol. The smallest absolute Gasteiger partial charge is 0.335 e. The molecule has 0 aromatic carbocycles. The van der Waals surface area contributed by atoms with Crippen LogP contribution in [0.5, 0.6) is 0 Å². The number of aliphatic hydroxyl groups excluding tert-OH is 20. The van der Waals surface area contributed by atoms with Crippen LogP contribution < -0.4 is 0 Å². The number of hydrogen-bond donors (Lipinski definition) is 21. The van der Waals surface area contributed by atoms with Crippen molar-refractivity contribution < 1.29 is 197 Å². The molecule has 46 unspecified atom stereocenters. The second-order valence-corrected chi connectivity index (χ2v) is 35.8. The quantitative estimate of drug-likeness (QED) is 0.0233. The molecule has 0 bridgehead atoms. The van der Waals surface area contributed by atoms with Crippen LogP contribution in [-0.2, 0) is 90.2 Å². The second-order valence-electron chi connectivity index (χ2n) is 35.8. The van der Waals surface area contributed by atoms with Crippen molar-refractivity contribution in [3.05, 3.63) is 11.6 Å². The number of fused-ring (bicyclic) bond motifs is 7. The zero-order chi connectivity index (χ0) is 83.7. The van der Waals surface area contributed by atoms with E-state index < -0.39 is 317 Å². The highest BCUT2D eigenvalue weighted by atomic mass is 16.8. The maximum absolute atomic E-state index is 16.0. The van der Waals surface area contributed by atoms with E-state index in [1.165, 1.54) is 13.8 Å². The van der Waals surface area contributed by atoms with Gasteiger partial charge in [0, 0.05) is 0 Å². The summed E-state index contributed by atoms with van der Waals surface area (Å²) in [4.78, 5) is 43.4. The van der Waals surface area contributed by atoms with Gasteiger partial charge < -0.3 is 188 Å². The standard InChI is InChI=1S/C75H118O40/c1-26-38(82)45(89)58(113-65-52(96)56(53(27(2)104-65)108-61-46(90)39(83)30(79)22-100-61)111-66-51(95)54(43(87)34(21-77)106-66)109-62-47(91)40(84)31(80)23-101-62)67(103-26)115-69(99)75-17-15-70(3,4)19-29(75)28-9-10-36-71(5)13-12-37(72(6,25-78)35(71)11-14-74(36,8)73(28,7)16-18-75)107-68-59(114-64-49(93)44(88)42(86)33(20-76)105-64)55(50(94)57(112-68)60(97)98)110-63-48(92)41(85)32(81)24-102-63/h9,25-27,29-59,61-68,76-77,79-96H,10-24H2,1-8H3,(H,97,98). The van der Waals surface area contributed by atoms with Crippen LogP contribution in [0.4, 0.5) is 0 Å². The van der Waals surface area contributed by atoms with E-state index in [2.05, 4.69) is 40.7 Å². The first-order valence-electron chi connectivity index (χ1n) is 39.8. The number of carboxylic acid groups (broad SMARTS) is 1. The predicted octanol–water partition coefficient (Wildman–Crippen LogP) is -7.49. The van der Waals surface area contributed by atoms with E-state index in [0.717, 1.165) is 11.9 Å². The topological polar surface area (TPSA) is 624 Å². The van der Waals surface area contributed by atoms with Gasteiger partial charge in [-0.3, -0.25) is 4.79 Å². The molecule has 13 rings (SSSR count). The molecule has 0 spiro atoms. The summed E-state index contributed by atoms with van der Waals surface area (Å²) in [5.74, 6) is -3.56. The molecule has 0 aromatic rings. The predicted molar refractivity (Wildman–Crippen MR) is 373 cm³/mol. The van der Waals surface area contributed by atoms with Crippen molar-refractivity contribution in [3.8, 4) is 0 Å². The summed E-state index contributed by atoms with van der Waals surface area (Å²) in [6.45, 7) is 11.8. The average molecular weight is 1660 g/mol. The van der Waals surface area contributed by atoms with Crippen LogP contribution in [0.25, 0.3) is 0 Å². The highest BCUT2D eigenvalue weighted by Gasteiger charge is 2.72. The third-order valence-electron chi connectivity index (χ3n) is 28.6. The first-order valence-corrected chi connectivity index (χ1v) is 39.8. The van der Waals surface area contributed by atoms with E-state index in [1.807, 2.05) is 0 Å². The molecule has 8 heterocycles. The lowest BCUT2D eigenvalue weighted by Crippen LogP contribution is -2.69. The largest absolute Gasteiger partial charge is 0.479 e. The Bertz CT molecular complexity index is 3380. The zero-order valence-corrected chi connectivity index (χ0v) is 65.1. The molecule has 21 N–H and O–H groups in total. The number of ether oxygens (including phenoxy) is 16. The SMILES string of the molecule is CC1OC(OC(=O)C23CCC(C)(C)CC2C2=CCC4C5(C)CCC(OC6OC(C(=O)O)C(O)C(OC7OCC(O)C(O)C7O)C6OC6OC(CO)C(O)C(O)C6O)C(C)(C=O)C5CCC4(C)C2(C)CC3)C(OC2OC(C)C(OC3OCC(O)C(O)C3O)C(OC3OC(CO)C(O)C(OC4OCC(O)C(O)C4O)C3O)C2O)C(O)C1O. The Morgan fingerprint density at radius 2 is 0.930 bits per heavy atom. The summed E-state index contributed by atoms with van der Waals surface area (Å²) in [6, 6.07) is 0. The summed E-state index contributed by atoms with van der Waals surface area (Å²) in [5, 5.41) is 231. The molecule has 658 valence electrons. The first-order chi connectivity index (χ1) is 54.0. The molecule has 5 aliphatic carbocycles. The molecule has 40 heteroatoms. The second kappa shape index (κ2) is 34.2. The fourth-order valence-electron chi connectivity index (χ4n) is 21.3. The van der Waals surface area contributed by atoms with Crippen LogP contribution in [0.2, 0.25) is 0 Å². The van der Waals surface area contributed by atoms with Crippen LogP contribution in [0.15, 0.2) is 11.6 Å². The maximum Gasteiger partial charge on any atom is 0.335 e. The van der Waals surface area contributed by atoms with Crippen LogP contribution in [0.3, 0.4) is 0 Å². The minimum atomic E-state index is -2.23. The molecule has 0 aromatic heterocycles. The number of esters is 1. The number of aliphatic hydroxyl groups is 20. The zero-order valence-electron chi connectivity index (χ0n) is 65.1. The van der Waals surface area contributed by atoms with Crippen molar-refractivity contribution in [2.75, 3.05) is 33.0 Å². The van der Waals surface area contributed by atoms with Gasteiger partial charge in [0.15, 0.2) is 56.2 Å². The molecule has 46 atom stereocenters. The molecule has 8 aliphatic heterocycles. The lowest BCUT2D eigenvalue weighted by molar-refractivity contribution is -0.399. The summed E-state index contributed by atoms with van der Waals surface area (Å²) in [5.41, 5.74) is -3.83. The van der Waals surface area contributed by atoms with Crippen molar-refractivity contribution in [3.63, 3.8) is 0 Å². The molecule has 40 nitrogen and oxygen atoms in total. The summed E-state index contributed by atoms with van der Waals surface area (Å²) >= 11 is 0. The molecule has 0 radical (unpaired) electrons. The molecule has 8 saturated heterocycles. The summed E-state index contributed by atoms with van der Waals surface area (Å²) < 4.78 is 96.9. The van der Waals surface area contributed by atoms with Crippen LogP contribution in [-0.4, -0.2) is 392 Å². The number of aldehydes is 1. The van der Waals surface area contributed by atoms with Crippen molar-refractivity contribution in [2.45, 2.75) is 353 Å². The Morgan fingerprint density at radius 1 is 0.443 bits per heavy atom. The molecular formula is C75H118O40. The average Bonchev–Trinajstić information content (AvgIpc) is 0.673. The van der Waals surface area contributed by atoms with Gasteiger partial charge in [0.05, 0.1) is 62.2 Å². The Kier molecular flexibility index (Phi) is 26.7. The fourth-order valence-corrected chi connectivity index (χ4v) is 21.3. The van der Waals surface area contributed by atoms with E-state index in [1.54, 1.807) is 6.92 Å². The highest BCUT2D eigenvalue weighted by Crippen LogP contribution is 2.76. The van der Waals surface area contributed by atoms with Gasteiger partial charge in [-0.15, -0.1) is 0 Å². The van der Waals surface area contributed by atoms with Crippen LogP contribution >= 0.6 is 0 Å². The van der Waals surface area contributed by atoms with Gasteiger partial charge in [0.1, 0.15) is 159 Å². The fraction of sp³-hybridized carbons (Fsp3) is 0.933. The van der Waals surface area contributed by atoms with Gasteiger partial charge in [-0.05, 0) is 117 Å². The summed E-state index contributed by atoms with van der Waals surface area (Å²) in [6.07, 6.45) is -62.9. The number of aliphatic carboxylic acids is 1.